The summed E-state index contributed by atoms with van der Waals surface area (Å²) in [6.45, 7) is 6.20. The van der Waals surface area contributed by atoms with Crippen LogP contribution >= 0.6 is 0 Å². The van der Waals surface area contributed by atoms with Gasteiger partial charge in [-0.3, -0.25) is 4.79 Å². The van der Waals surface area contributed by atoms with Gasteiger partial charge >= 0.3 is 0 Å². The largest absolute Gasteiger partial charge is 0.396 e. The number of rotatable bonds is 16. The molecular weight excluding hydrogens is 1040 g/mol. The molecule has 1 spiro atoms. The van der Waals surface area contributed by atoms with E-state index in [1.807, 2.05) is 24.3 Å². The van der Waals surface area contributed by atoms with Crippen molar-refractivity contribution in [1.29, 1.82) is 0 Å². The highest BCUT2D eigenvalue weighted by Crippen LogP contribution is 2.77. The van der Waals surface area contributed by atoms with E-state index in [0.717, 1.165) is 81.9 Å². The van der Waals surface area contributed by atoms with E-state index >= 15 is 9.90 Å². The monoisotopic (exact) mass is 1140 g/mol. The minimum absolute atomic E-state index is 0.0108. The molecule has 8 fully saturated rings. The molecule has 3 aliphatic heterocycles. The highest BCUT2D eigenvalue weighted by atomic mass is 16.5. The van der Waals surface area contributed by atoms with E-state index in [1.165, 1.54) is 0 Å². The number of hydrogen-bond donors (Lipinski definition) is 13. The lowest BCUT2D eigenvalue weighted by Crippen LogP contribution is -2.74. The van der Waals surface area contributed by atoms with Crippen LogP contribution in [-0.4, -0.2) is 149 Å². The van der Waals surface area contributed by atoms with Crippen molar-refractivity contribution in [2.75, 3.05) is 19.8 Å². The predicted octanol–water partition coefficient (Wildman–Crippen LogP) is 5.33. The van der Waals surface area contributed by atoms with Crippen molar-refractivity contribution in [3.63, 3.8) is 0 Å². The Bertz CT molecular complexity index is 2510. The molecule has 23 atom stereocenters. The van der Waals surface area contributed by atoms with E-state index in [0.29, 0.717) is 74.5 Å². The summed E-state index contributed by atoms with van der Waals surface area (Å²) >= 11 is 0. The number of ether oxygens (including phenoxy) is 2. The Balaban J connectivity index is 0.997. The number of aliphatic hydroxyl groups excluding tert-OH is 5. The summed E-state index contributed by atoms with van der Waals surface area (Å²) in [5, 5.41) is 126. The molecule has 12 aliphatic rings. The smallest absolute Gasteiger partial charge is 0.182 e. The Morgan fingerprint density at radius 3 is 2.44 bits per heavy atom. The normalized spacial score (nSPS) is 48.8. The summed E-state index contributed by atoms with van der Waals surface area (Å²) < 4.78 is 13.8. The van der Waals surface area contributed by atoms with E-state index in [2.05, 4.69) is 35.2 Å². The van der Waals surface area contributed by atoms with Crippen LogP contribution in [0.25, 0.3) is 0 Å². The molecule has 23 unspecified atom stereocenters. The Morgan fingerprint density at radius 1 is 0.915 bits per heavy atom. The van der Waals surface area contributed by atoms with Gasteiger partial charge in [-0.1, -0.05) is 63.3 Å². The molecule has 0 amide bonds. The zero-order chi connectivity index (χ0) is 57.7. The van der Waals surface area contributed by atoms with Crippen LogP contribution in [0, 0.1) is 70.0 Å². The Morgan fingerprint density at radius 2 is 1.68 bits per heavy atom. The summed E-state index contributed by atoms with van der Waals surface area (Å²) in [5.74, 6) is -2.80. The number of nitrogens with two attached hydrogens (primary N) is 1. The first-order valence-electron chi connectivity index (χ1n) is 32.8. The Labute approximate surface area is 486 Å². The molecular formula is C66H102N4O12. The highest BCUT2D eigenvalue weighted by molar-refractivity contribution is 6.00. The minimum Gasteiger partial charge on any atom is -0.396 e. The average Bonchev–Trinajstić information content (AvgIpc) is 3.28. The fourth-order valence-corrected chi connectivity index (χ4v) is 21.3. The number of nitrogens with one attached hydrogen (secondary N) is 3. The van der Waals surface area contributed by atoms with Crippen molar-refractivity contribution in [2.24, 2.45) is 75.7 Å². The van der Waals surface area contributed by atoms with Gasteiger partial charge in [-0.05, 0) is 194 Å². The fourth-order valence-electron chi connectivity index (χ4n) is 21.3. The number of aliphatic hydroxyl groups is 9. The number of ketones is 1. The van der Waals surface area contributed by atoms with Crippen molar-refractivity contribution >= 4 is 5.78 Å². The number of Topliss-reactive ketones (excluding diaryl/α,β-unsaturated/α-hetero) is 1. The summed E-state index contributed by atoms with van der Waals surface area (Å²) in [4.78, 5) is 16.2. The van der Waals surface area contributed by atoms with Crippen molar-refractivity contribution in [3.05, 3.63) is 59.1 Å². The van der Waals surface area contributed by atoms with Gasteiger partial charge in [0.05, 0.1) is 71.4 Å². The van der Waals surface area contributed by atoms with Gasteiger partial charge in [-0.25, -0.2) is 0 Å². The fraction of sp³-hybridized carbons (Fsp3) is 0.833. The van der Waals surface area contributed by atoms with E-state index in [-0.39, 0.29) is 93.6 Å². The van der Waals surface area contributed by atoms with E-state index in [1.54, 1.807) is 13.8 Å². The second-order valence-corrected chi connectivity index (χ2v) is 29.2. The number of carbonyl (C=O) groups excluding carboxylic acids is 1. The van der Waals surface area contributed by atoms with Gasteiger partial charge in [0.1, 0.15) is 5.60 Å². The molecule has 14 N–H and O–H groups in total. The van der Waals surface area contributed by atoms with Crippen molar-refractivity contribution < 1.29 is 60.2 Å². The third-order valence-electron chi connectivity index (χ3n) is 24.9. The standard InChI is InChI=1S/C66H102N4O12/c1-4-7-38-12-16-45-52(18-13-38)82-60-55(45)49(73)9-5-24-66(60,80)61(3,77)53-21-26-65(79)56-57(69-35-37(2)72)58(76)46-32-50(74)51(75)34-62(46)33-41(44-17-19-54(67)70-47(44)8-6-28-71)20-25-63(78,59(56)62)36-64(53,65)42-14-10-39(11-15-42)23-29-81-43-30-40-22-27-68-48(40)31-43/h17,19-20,22,25,27,37-43,45-46,48-55,59-60,68-75,77-80H,4-16,18,21,23-24,26,28-36,67H2,1-3H3. The molecule has 1 saturated heterocycles. The molecule has 82 heavy (non-hydrogen) atoms. The average molecular weight is 1140 g/mol. The minimum atomic E-state index is -1.96. The molecule has 0 bridgehead atoms. The molecule has 9 aliphatic carbocycles. The maximum atomic E-state index is 16.2. The molecule has 0 aromatic rings. The second-order valence-electron chi connectivity index (χ2n) is 29.2. The third-order valence-corrected chi connectivity index (χ3v) is 24.9. The number of hydrogen-bond acceptors (Lipinski definition) is 16. The molecule has 16 nitrogen and oxygen atoms in total. The first kappa shape index (κ1) is 59.6. The molecule has 458 valence electrons. The highest BCUT2D eigenvalue weighted by Gasteiger charge is 2.80. The first-order chi connectivity index (χ1) is 39.2. The number of dihydropyridines is 1. The zero-order valence-corrected chi connectivity index (χ0v) is 49.4. The summed E-state index contributed by atoms with van der Waals surface area (Å²) in [6.07, 6.45) is 21.1. The maximum absolute atomic E-state index is 16.2. The Kier molecular flexibility index (Phi) is 16.6. The van der Waals surface area contributed by atoms with Crippen LogP contribution in [0.15, 0.2) is 59.1 Å². The van der Waals surface area contributed by atoms with E-state index in [9.17, 15) is 40.9 Å². The van der Waals surface area contributed by atoms with Gasteiger partial charge in [-0.2, -0.15) is 0 Å². The lowest BCUT2D eigenvalue weighted by Gasteiger charge is -2.69. The zero-order valence-electron chi connectivity index (χ0n) is 49.4. The molecule has 3 heterocycles. The molecule has 0 aromatic heterocycles. The first-order valence-corrected chi connectivity index (χ1v) is 32.8. The number of allylic oxidation sites excluding steroid dienone is 5. The molecule has 7 saturated carbocycles. The van der Waals surface area contributed by atoms with Crippen LogP contribution in [0.5, 0.6) is 0 Å². The molecule has 12 rings (SSSR count). The van der Waals surface area contributed by atoms with Gasteiger partial charge in [0.25, 0.3) is 0 Å². The SMILES string of the molecule is CCCC1CCC2OC3C(C(O)CCCC3(O)C(C)(O)C3CCC4(O)C5=C(NCC(C)O)C(=O)C6CC(O)C(O)CC67CC(C6=C(CCCO)NC(N)C=C6)C=CC(O)(CC34C3CCC(CCOC4CC6C=CNC6C4)CC3)C57)C2CC1. The lowest BCUT2D eigenvalue weighted by atomic mass is 9.37. The predicted molar refractivity (Wildman–Crippen MR) is 309 cm³/mol. The topological polar surface area (TPSA) is 280 Å². The summed E-state index contributed by atoms with van der Waals surface area (Å²) in [5.41, 5.74) is -1.43. The van der Waals surface area contributed by atoms with Gasteiger partial charge in [0, 0.05) is 66.5 Å². The van der Waals surface area contributed by atoms with Gasteiger partial charge in [0.15, 0.2) is 5.78 Å². The van der Waals surface area contributed by atoms with Gasteiger partial charge in [-0.15, -0.1) is 0 Å². The quantitative estimate of drug-likeness (QED) is 0.0870. The van der Waals surface area contributed by atoms with Crippen LogP contribution in [-0.2, 0) is 14.3 Å². The van der Waals surface area contributed by atoms with Crippen LogP contribution in [0.4, 0.5) is 0 Å². The lowest BCUT2D eigenvalue weighted by molar-refractivity contribution is -0.276. The second kappa shape index (κ2) is 22.8. The van der Waals surface area contributed by atoms with Crippen LogP contribution < -0.4 is 21.7 Å². The molecule has 0 radical (unpaired) electrons. The number of carbonyl (C=O) groups is 1. The van der Waals surface area contributed by atoms with Crippen LogP contribution in [0.2, 0.25) is 0 Å². The van der Waals surface area contributed by atoms with E-state index < -0.39 is 99.5 Å². The number of fused-ring (bicyclic) bond motifs is 6. The molecule has 16 heteroatoms. The van der Waals surface area contributed by atoms with Crippen molar-refractivity contribution in [1.82, 2.24) is 16.0 Å². The third kappa shape index (κ3) is 9.71. The van der Waals surface area contributed by atoms with Crippen LogP contribution in [0.3, 0.4) is 0 Å². The molecule has 0 aromatic carbocycles. The van der Waals surface area contributed by atoms with Crippen molar-refractivity contribution in [3.8, 4) is 0 Å². The van der Waals surface area contributed by atoms with Crippen LogP contribution in [0.1, 0.15) is 175 Å². The van der Waals surface area contributed by atoms with Gasteiger partial charge < -0.3 is 77.1 Å². The van der Waals surface area contributed by atoms with Crippen molar-refractivity contribution in [2.45, 2.75) is 252 Å². The maximum Gasteiger partial charge on any atom is 0.182 e. The van der Waals surface area contributed by atoms with Gasteiger partial charge in [0.2, 0.25) is 0 Å². The summed E-state index contributed by atoms with van der Waals surface area (Å²) in [7, 11) is 0. The van der Waals surface area contributed by atoms with E-state index in [4.69, 9.17) is 15.2 Å². The summed E-state index contributed by atoms with van der Waals surface area (Å²) in [6, 6.07) is 0.438. The Hall–Kier alpha value is -2.71.